The Hall–Kier alpha value is -0.150. The van der Waals surface area contributed by atoms with Crippen molar-refractivity contribution in [2.45, 2.75) is 19.4 Å². The van der Waals surface area contributed by atoms with Gasteiger partial charge in [-0.15, -0.1) is 0 Å². The third-order valence-electron chi connectivity index (χ3n) is 1.35. The fourth-order valence-corrected chi connectivity index (χ4v) is 0.791. The molecule has 0 atom stereocenters. The number of rotatable bonds is 0. The Morgan fingerprint density at radius 2 is 2.25 bits per heavy atom. The molecule has 1 aliphatic heterocycles. The molecule has 1 rings (SSSR count). The monoisotopic (exact) mass is 130 g/mol. The summed E-state index contributed by atoms with van der Waals surface area (Å²) in [6.07, 6.45) is 0. The van der Waals surface area contributed by atoms with E-state index in [-0.39, 0.29) is 5.54 Å². The molecule has 3 heteroatoms. The summed E-state index contributed by atoms with van der Waals surface area (Å²) in [5.41, 5.74) is 0.0231. The first-order chi connectivity index (χ1) is 3.63. The van der Waals surface area contributed by atoms with Crippen LogP contribution < -0.4 is 10.6 Å². The predicted molar refractivity (Wildman–Crippen MR) is 37.8 cm³/mol. The van der Waals surface area contributed by atoms with E-state index in [1.165, 1.54) is 0 Å². The van der Waals surface area contributed by atoms with E-state index in [1.54, 1.807) is 0 Å². The second-order valence-electron chi connectivity index (χ2n) is 2.48. The summed E-state index contributed by atoms with van der Waals surface area (Å²) >= 11 is 4.98. The molecule has 1 fully saturated rings. The van der Waals surface area contributed by atoms with Crippen LogP contribution in [0.2, 0.25) is 0 Å². The van der Waals surface area contributed by atoms with Crippen LogP contribution in [0.3, 0.4) is 0 Å². The van der Waals surface area contributed by atoms with Crippen LogP contribution in [0.5, 0.6) is 0 Å². The number of hydrogen-bond acceptors (Lipinski definition) is 2. The quantitative estimate of drug-likeness (QED) is 0.459. The normalized spacial score (nSPS) is 25.5. The van der Waals surface area contributed by atoms with Crippen molar-refractivity contribution in [2.24, 2.45) is 0 Å². The molecule has 46 valence electrons. The van der Waals surface area contributed by atoms with E-state index in [4.69, 9.17) is 12.2 Å². The SMILES string of the molecule is CC1(C)NCNC1=S. The summed E-state index contributed by atoms with van der Waals surface area (Å²) in [5, 5.41) is 6.22. The molecule has 0 aromatic rings. The maximum Gasteiger partial charge on any atom is 0.0962 e. The van der Waals surface area contributed by atoms with Crippen molar-refractivity contribution in [3.8, 4) is 0 Å². The molecule has 0 aliphatic carbocycles. The minimum absolute atomic E-state index is 0.0231. The highest BCUT2D eigenvalue weighted by atomic mass is 32.1. The summed E-state index contributed by atoms with van der Waals surface area (Å²) in [7, 11) is 0. The molecular formula is C5H10N2S. The number of hydrogen-bond donors (Lipinski definition) is 2. The van der Waals surface area contributed by atoms with Crippen LogP contribution in [-0.2, 0) is 0 Å². The third kappa shape index (κ3) is 0.833. The summed E-state index contributed by atoms with van der Waals surface area (Å²) in [6, 6.07) is 0. The summed E-state index contributed by atoms with van der Waals surface area (Å²) in [5.74, 6) is 0. The van der Waals surface area contributed by atoms with Gasteiger partial charge in [0, 0.05) is 0 Å². The average molecular weight is 130 g/mol. The van der Waals surface area contributed by atoms with Crippen LogP contribution >= 0.6 is 12.2 Å². The van der Waals surface area contributed by atoms with Gasteiger partial charge in [0.1, 0.15) is 0 Å². The minimum Gasteiger partial charge on any atom is -0.366 e. The highest BCUT2D eigenvalue weighted by Gasteiger charge is 2.27. The Morgan fingerprint density at radius 1 is 1.62 bits per heavy atom. The lowest BCUT2D eigenvalue weighted by Crippen LogP contribution is -2.38. The molecule has 0 saturated carbocycles. The second kappa shape index (κ2) is 1.67. The molecule has 1 aliphatic rings. The fraction of sp³-hybridized carbons (Fsp3) is 0.800. The number of thiocarbonyl (C=S) groups is 1. The van der Waals surface area contributed by atoms with Crippen LogP contribution in [-0.4, -0.2) is 17.2 Å². The van der Waals surface area contributed by atoms with Gasteiger partial charge in [0.25, 0.3) is 0 Å². The zero-order valence-electron chi connectivity index (χ0n) is 5.12. The average Bonchev–Trinajstić information content (AvgIpc) is 1.86. The zero-order valence-corrected chi connectivity index (χ0v) is 5.93. The maximum atomic E-state index is 4.98. The Morgan fingerprint density at radius 3 is 2.38 bits per heavy atom. The molecule has 0 aromatic carbocycles. The van der Waals surface area contributed by atoms with Crippen molar-refractivity contribution in [2.75, 3.05) is 6.67 Å². The molecule has 1 heterocycles. The molecular weight excluding hydrogens is 120 g/mol. The molecule has 1 saturated heterocycles. The topological polar surface area (TPSA) is 24.1 Å². The number of nitrogens with one attached hydrogen (secondary N) is 2. The van der Waals surface area contributed by atoms with Crippen LogP contribution in [0, 0.1) is 0 Å². The van der Waals surface area contributed by atoms with Crippen molar-refractivity contribution >= 4 is 17.2 Å². The first-order valence-electron chi connectivity index (χ1n) is 2.66. The molecule has 0 radical (unpaired) electrons. The van der Waals surface area contributed by atoms with Gasteiger partial charge >= 0.3 is 0 Å². The lowest BCUT2D eigenvalue weighted by molar-refractivity contribution is 0.566. The first kappa shape index (κ1) is 5.98. The fourth-order valence-electron chi connectivity index (χ4n) is 0.647. The second-order valence-corrected chi connectivity index (χ2v) is 2.89. The van der Waals surface area contributed by atoms with Gasteiger partial charge in [-0.25, -0.2) is 0 Å². The van der Waals surface area contributed by atoms with E-state index >= 15 is 0 Å². The standard InChI is InChI=1S/C5H10N2S/c1-5(2)4(8)6-3-7-5/h7H,3H2,1-2H3,(H,6,8). The molecule has 0 bridgehead atoms. The van der Waals surface area contributed by atoms with Crippen LogP contribution in [0.1, 0.15) is 13.8 Å². The molecule has 0 unspecified atom stereocenters. The van der Waals surface area contributed by atoms with E-state index in [2.05, 4.69) is 24.5 Å². The lowest BCUT2D eigenvalue weighted by Gasteiger charge is -2.14. The van der Waals surface area contributed by atoms with E-state index in [1.807, 2.05) is 0 Å². The molecule has 8 heavy (non-hydrogen) atoms. The highest BCUT2D eigenvalue weighted by molar-refractivity contribution is 7.80. The molecule has 2 nitrogen and oxygen atoms in total. The van der Waals surface area contributed by atoms with Crippen molar-refractivity contribution in [1.29, 1.82) is 0 Å². The van der Waals surface area contributed by atoms with Crippen LogP contribution in [0.4, 0.5) is 0 Å². The largest absolute Gasteiger partial charge is 0.366 e. The first-order valence-corrected chi connectivity index (χ1v) is 3.07. The predicted octanol–water partition coefficient (Wildman–Crippen LogP) is 0.243. The smallest absolute Gasteiger partial charge is 0.0962 e. The Bertz CT molecular complexity index is 120. The lowest BCUT2D eigenvalue weighted by atomic mass is 10.1. The van der Waals surface area contributed by atoms with E-state index in [9.17, 15) is 0 Å². The van der Waals surface area contributed by atoms with Crippen molar-refractivity contribution in [3.05, 3.63) is 0 Å². The minimum atomic E-state index is 0.0231. The van der Waals surface area contributed by atoms with E-state index < -0.39 is 0 Å². The van der Waals surface area contributed by atoms with Crippen molar-refractivity contribution in [1.82, 2.24) is 10.6 Å². The Kier molecular flexibility index (Phi) is 1.25. The molecule has 0 spiro atoms. The van der Waals surface area contributed by atoms with E-state index in [0.29, 0.717) is 0 Å². The van der Waals surface area contributed by atoms with Crippen molar-refractivity contribution in [3.63, 3.8) is 0 Å². The Balaban J connectivity index is 2.68. The highest BCUT2D eigenvalue weighted by Crippen LogP contribution is 2.06. The van der Waals surface area contributed by atoms with Gasteiger partial charge in [-0.2, -0.15) is 0 Å². The van der Waals surface area contributed by atoms with Gasteiger partial charge in [0.2, 0.25) is 0 Å². The summed E-state index contributed by atoms with van der Waals surface area (Å²) in [4.78, 5) is 0.914. The van der Waals surface area contributed by atoms with Crippen LogP contribution in [0.15, 0.2) is 0 Å². The van der Waals surface area contributed by atoms with Crippen LogP contribution in [0.25, 0.3) is 0 Å². The van der Waals surface area contributed by atoms with Gasteiger partial charge in [-0.05, 0) is 13.8 Å². The molecule has 0 amide bonds. The zero-order chi connectivity index (χ0) is 6.20. The summed E-state index contributed by atoms with van der Waals surface area (Å²) < 4.78 is 0. The van der Waals surface area contributed by atoms with Gasteiger partial charge in [-0.3, -0.25) is 5.32 Å². The molecule has 2 N–H and O–H groups in total. The Labute approximate surface area is 54.7 Å². The summed E-state index contributed by atoms with van der Waals surface area (Å²) in [6.45, 7) is 4.94. The third-order valence-corrected chi connectivity index (χ3v) is 2.00. The van der Waals surface area contributed by atoms with Gasteiger partial charge in [0.15, 0.2) is 0 Å². The maximum absolute atomic E-state index is 4.98. The molecule has 0 aromatic heterocycles. The van der Waals surface area contributed by atoms with Gasteiger partial charge < -0.3 is 5.32 Å². The van der Waals surface area contributed by atoms with E-state index in [0.717, 1.165) is 11.7 Å². The van der Waals surface area contributed by atoms with Crippen molar-refractivity contribution < 1.29 is 0 Å². The van der Waals surface area contributed by atoms with Gasteiger partial charge in [0.05, 0.1) is 17.2 Å². The van der Waals surface area contributed by atoms with Gasteiger partial charge in [-0.1, -0.05) is 12.2 Å².